The minimum atomic E-state index is -0.625. The molecule has 1 saturated heterocycles. The molecule has 1 fully saturated rings. The maximum Gasteiger partial charge on any atom is 0.330 e. The molecule has 2 aliphatic rings. The number of aromatic amines is 1. The van der Waals surface area contributed by atoms with Crippen LogP contribution in [0.4, 0.5) is 11.5 Å². The molecule has 1 unspecified atom stereocenters. The van der Waals surface area contributed by atoms with Gasteiger partial charge in [-0.3, -0.25) is 24.0 Å². The van der Waals surface area contributed by atoms with Gasteiger partial charge in [0.15, 0.2) is 17.2 Å². The van der Waals surface area contributed by atoms with Gasteiger partial charge >= 0.3 is 5.69 Å². The van der Waals surface area contributed by atoms with Crippen LogP contribution in [0.25, 0.3) is 0 Å². The Balaban J connectivity index is 1.60. The molecule has 10 nitrogen and oxygen atoms in total. The van der Waals surface area contributed by atoms with E-state index in [1.54, 1.807) is 0 Å². The predicted molar refractivity (Wildman–Crippen MR) is 139 cm³/mol. The fourth-order valence-corrected chi connectivity index (χ4v) is 4.97. The standard InChI is InChI=1S/C26H37N5O5/c1-3-5-12-30(23-24(27)31(13-6-4-2)26(34)28-25(23)33)22(32)17-29-11-7-8-19(29)18-9-10-20-21(16-18)36-15-14-35-20/h9-10,16,19H,3-8,11-15,17,27H2,1-2H3,(H,28,33,34). The molecule has 2 aliphatic heterocycles. The van der Waals surface area contributed by atoms with E-state index in [1.807, 2.05) is 32.0 Å². The molecule has 0 bridgehead atoms. The summed E-state index contributed by atoms with van der Waals surface area (Å²) in [4.78, 5) is 44.9. The number of fused-ring (bicyclic) bond motifs is 1. The fraction of sp³-hybridized carbons (Fsp3) is 0.577. The first kappa shape index (κ1) is 25.8. The van der Waals surface area contributed by atoms with Crippen LogP contribution in [0, 0.1) is 0 Å². The highest BCUT2D eigenvalue weighted by atomic mass is 16.6. The maximum atomic E-state index is 13.7. The van der Waals surface area contributed by atoms with Crippen LogP contribution >= 0.6 is 0 Å². The number of aromatic nitrogens is 2. The van der Waals surface area contributed by atoms with Gasteiger partial charge in [-0.1, -0.05) is 32.8 Å². The molecule has 0 radical (unpaired) electrons. The first-order valence-corrected chi connectivity index (χ1v) is 13.0. The van der Waals surface area contributed by atoms with Gasteiger partial charge in [0.1, 0.15) is 19.0 Å². The number of nitrogens with one attached hydrogen (secondary N) is 1. The zero-order chi connectivity index (χ0) is 25.7. The third-order valence-corrected chi connectivity index (χ3v) is 6.91. The summed E-state index contributed by atoms with van der Waals surface area (Å²) in [5.74, 6) is 1.32. The Morgan fingerprint density at radius 1 is 1.14 bits per heavy atom. The topological polar surface area (TPSA) is 123 Å². The lowest BCUT2D eigenvalue weighted by Gasteiger charge is -2.30. The van der Waals surface area contributed by atoms with Crippen molar-refractivity contribution in [2.75, 3.05) is 43.5 Å². The molecule has 0 saturated carbocycles. The average Bonchev–Trinajstić information content (AvgIpc) is 3.33. The van der Waals surface area contributed by atoms with Gasteiger partial charge in [-0.05, 0) is 49.9 Å². The number of ether oxygens (including phenoxy) is 2. The lowest BCUT2D eigenvalue weighted by atomic mass is 10.0. The first-order chi connectivity index (χ1) is 17.4. The van der Waals surface area contributed by atoms with Gasteiger partial charge in [0, 0.05) is 19.1 Å². The van der Waals surface area contributed by atoms with Crippen LogP contribution in [0.2, 0.25) is 0 Å². The molecule has 3 N–H and O–H groups in total. The number of H-pyrrole nitrogens is 1. The third kappa shape index (κ3) is 5.43. The molecule has 10 heteroatoms. The molecule has 0 spiro atoms. The maximum absolute atomic E-state index is 13.7. The number of anilines is 2. The molecule has 0 aliphatic carbocycles. The van der Waals surface area contributed by atoms with E-state index in [4.69, 9.17) is 15.2 Å². The van der Waals surface area contributed by atoms with E-state index in [2.05, 4.69) is 9.88 Å². The second kappa shape index (κ2) is 11.6. The number of likely N-dealkylation sites (tertiary alicyclic amines) is 1. The van der Waals surface area contributed by atoms with E-state index in [0.717, 1.165) is 55.7 Å². The summed E-state index contributed by atoms with van der Waals surface area (Å²) in [5, 5.41) is 0. The van der Waals surface area contributed by atoms with Crippen molar-refractivity contribution in [2.45, 2.75) is 65.0 Å². The van der Waals surface area contributed by atoms with Crippen molar-refractivity contribution in [1.29, 1.82) is 0 Å². The van der Waals surface area contributed by atoms with Gasteiger partial charge in [-0.2, -0.15) is 0 Å². The second-order valence-electron chi connectivity index (χ2n) is 9.43. The molecule has 3 heterocycles. The zero-order valence-electron chi connectivity index (χ0n) is 21.3. The van der Waals surface area contributed by atoms with Gasteiger partial charge in [0.2, 0.25) is 5.91 Å². The number of nitrogens with zero attached hydrogens (tertiary/aromatic N) is 3. The summed E-state index contributed by atoms with van der Waals surface area (Å²) < 4.78 is 12.8. The quantitative estimate of drug-likeness (QED) is 0.515. The van der Waals surface area contributed by atoms with Crippen molar-refractivity contribution in [3.8, 4) is 11.5 Å². The summed E-state index contributed by atoms with van der Waals surface area (Å²) >= 11 is 0. The third-order valence-electron chi connectivity index (χ3n) is 6.91. The van der Waals surface area contributed by atoms with Crippen molar-refractivity contribution >= 4 is 17.4 Å². The fourth-order valence-electron chi connectivity index (χ4n) is 4.97. The van der Waals surface area contributed by atoms with Crippen LogP contribution in [-0.2, 0) is 11.3 Å². The molecule has 1 aromatic heterocycles. The Hall–Kier alpha value is -3.27. The molecule has 1 amide bonds. The van der Waals surface area contributed by atoms with E-state index >= 15 is 0 Å². The minimum absolute atomic E-state index is 0.0476. The minimum Gasteiger partial charge on any atom is -0.486 e. The van der Waals surface area contributed by atoms with Gasteiger partial charge in [-0.25, -0.2) is 4.79 Å². The SMILES string of the molecule is CCCCN(C(=O)CN1CCCC1c1ccc2c(c1)OCCO2)c1c(N)n(CCCC)c(=O)[nH]c1=O. The Bertz CT molecular complexity index is 1190. The van der Waals surface area contributed by atoms with Gasteiger partial charge in [0.05, 0.1) is 6.54 Å². The summed E-state index contributed by atoms with van der Waals surface area (Å²) in [6.07, 6.45) is 5.06. The summed E-state index contributed by atoms with van der Waals surface area (Å²) in [6.45, 7) is 6.76. The van der Waals surface area contributed by atoms with E-state index in [-0.39, 0.29) is 30.0 Å². The van der Waals surface area contributed by atoms with Crippen LogP contribution in [0.3, 0.4) is 0 Å². The lowest BCUT2D eigenvalue weighted by molar-refractivity contribution is -0.120. The molecule has 2 aromatic rings. The van der Waals surface area contributed by atoms with Crippen LogP contribution in [0.15, 0.2) is 27.8 Å². The van der Waals surface area contributed by atoms with E-state index in [1.165, 1.54) is 9.47 Å². The highest BCUT2D eigenvalue weighted by Gasteiger charge is 2.32. The molecule has 36 heavy (non-hydrogen) atoms. The molecule has 1 aromatic carbocycles. The molecular formula is C26H37N5O5. The van der Waals surface area contributed by atoms with Crippen LogP contribution in [-0.4, -0.2) is 53.2 Å². The van der Waals surface area contributed by atoms with E-state index < -0.39 is 11.2 Å². The number of hydrogen-bond donors (Lipinski definition) is 2. The summed E-state index contributed by atoms with van der Waals surface area (Å²) in [5.41, 5.74) is 6.31. The Labute approximate surface area is 211 Å². The highest BCUT2D eigenvalue weighted by Crippen LogP contribution is 2.38. The number of amides is 1. The van der Waals surface area contributed by atoms with Gasteiger partial charge < -0.3 is 20.1 Å². The van der Waals surface area contributed by atoms with Crippen LogP contribution < -0.4 is 31.4 Å². The van der Waals surface area contributed by atoms with Gasteiger partial charge in [-0.15, -0.1) is 0 Å². The van der Waals surface area contributed by atoms with Crippen LogP contribution in [0.5, 0.6) is 11.5 Å². The number of unbranched alkanes of at least 4 members (excludes halogenated alkanes) is 2. The molecule has 1 atom stereocenters. The normalized spacial score (nSPS) is 17.3. The Kier molecular flexibility index (Phi) is 8.35. The van der Waals surface area contributed by atoms with E-state index in [9.17, 15) is 14.4 Å². The first-order valence-electron chi connectivity index (χ1n) is 13.0. The molecular weight excluding hydrogens is 462 g/mol. The van der Waals surface area contributed by atoms with Gasteiger partial charge in [0.25, 0.3) is 5.56 Å². The largest absolute Gasteiger partial charge is 0.486 e. The summed E-state index contributed by atoms with van der Waals surface area (Å²) in [6, 6.07) is 6.02. The number of hydrogen-bond acceptors (Lipinski definition) is 7. The van der Waals surface area contributed by atoms with E-state index in [0.29, 0.717) is 32.7 Å². The van der Waals surface area contributed by atoms with Crippen molar-refractivity contribution in [3.05, 3.63) is 44.6 Å². The number of carbonyl (C=O) groups excluding carboxylic acids is 1. The lowest BCUT2D eigenvalue weighted by Crippen LogP contribution is -2.45. The highest BCUT2D eigenvalue weighted by molar-refractivity contribution is 5.96. The van der Waals surface area contributed by atoms with Crippen molar-refractivity contribution < 1.29 is 14.3 Å². The van der Waals surface area contributed by atoms with Crippen LogP contribution in [0.1, 0.15) is 64.0 Å². The predicted octanol–water partition coefficient (Wildman–Crippen LogP) is 2.66. The second-order valence-corrected chi connectivity index (χ2v) is 9.43. The number of carbonyl (C=O) groups is 1. The monoisotopic (exact) mass is 499 g/mol. The van der Waals surface area contributed by atoms with Crippen molar-refractivity contribution in [3.63, 3.8) is 0 Å². The van der Waals surface area contributed by atoms with Crippen molar-refractivity contribution in [2.24, 2.45) is 0 Å². The molecule has 4 rings (SSSR count). The Morgan fingerprint density at radius 3 is 2.64 bits per heavy atom. The molecule has 196 valence electrons. The smallest absolute Gasteiger partial charge is 0.330 e. The Morgan fingerprint density at radius 2 is 1.89 bits per heavy atom. The zero-order valence-corrected chi connectivity index (χ0v) is 21.3. The number of benzene rings is 1. The number of rotatable bonds is 10. The van der Waals surface area contributed by atoms with Crippen molar-refractivity contribution in [1.82, 2.24) is 14.5 Å². The average molecular weight is 500 g/mol. The number of nitrogen functional groups attached to an aromatic ring is 1. The summed E-state index contributed by atoms with van der Waals surface area (Å²) in [7, 11) is 0. The number of nitrogens with two attached hydrogens (primary N) is 1.